The summed E-state index contributed by atoms with van der Waals surface area (Å²) in [5.74, 6) is -1.99. The Kier molecular flexibility index (Phi) is 8.29. The number of methoxy groups -OCH3 is 1. The van der Waals surface area contributed by atoms with Gasteiger partial charge >= 0.3 is 12.1 Å². The van der Waals surface area contributed by atoms with Crippen LogP contribution in [0.5, 0.6) is 0 Å². The van der Waals surface area contributed by atoms with Gasteiger partial charge in [-0.3, -0.25) is 4.79 Å². The number of benzene rings is 1. The summed E-state index contributed by atoms with van der Waals surface area (Å²) >= 11 is 0. The molecule has 156 valence electrons. The average molecular weight is 412 g/mol. The molecule has 0 aliphatic carbocycles. The fraction of sp³-hybridized carbons (Fsp3) is 0.600. The molecule has 0 bridgehead atoms. The van der Waals surface area contributed by atoms with E-state index in [4.69, 9.17) is 4.74 Å². The molecule has 0 radical (unpaired) electrons. The lowest BCUT2D eigenvalue weighted by Crippen LogP contribution is -2.38. The predicted octanol–water partition coefficient (Wildman–Crippen LogP) is 2.95. The molecule has 0 unspecified atom stereocenters. The first-order chi connectivity index (χ1) is 13.3. The molecular weight excluding hydrogens is 382 g/mol. The second-order valence-electron chi connectivity index (χ2n) is 7.41. The molecule has 1 atom stereocenters. The van der Waals surface area contributed by atoms with Crippen molar-refractivity contribution in [3.63, 3.8) is 0 Å². The largest absolute Gasteiger partial charge is 0.481 e. The minimum Gasteiger partial charge on any atom is -0.481 e. The zero-order valence-corrected chi connectivity index (χ0v) is 17.1. The summed E-state index contributed by atoms with van der Waals surface area (Å²) in [4.78, 5) is 24.7. The van der Waals surface area contributed by atoms with Crippen LogP contribution in [0, 0.1) is 11.8 Å². The molecule has 0 aromatic heterocycles. The van der Waals surface area contributed by atoms with Crippen molar-refractivity contribution >= 4 is 21.9 Å². The third-order valence-corrected chi connectivity index (χ3v) is 6.93. The number of likely N-dealkylation sites (tertiary alicyclic amines) is 1. The lowest BCUT2D eigenvalue weighted by Gasteiger charge is -2.31. The summed E-state index contributed by atoms with van der Waals surface area (Å²) in [6, 6.07) is 8.81. The monoisotopic (exact) mass is 411 g/mol. The van der Waals surface area contributed by atoms with Gasteiger partial charge in [0.25, 0.3) is 0 Å². The lowest BCUT2D eigenvalue weighted by atomic mass is 9.90. The molecule has 1 amide bonds. The maximum Gasteiger partial charge on any atom is 0.409 e. The van der Waals surface area contributed by atoms with Gasteiger partial charge in [-0.25, -0.2) is 13.2 Å². The van der Waals surface area contributed by atoms with E-state index in [1.54, 1.807) is 29.2 Å². The molecule has 1 heterocycles. The Bertz CT molecular complexity index is 741. The Morgan fingerprint density at radius 3 is 2.43 bits per heavy atom. The number of carboxylic acids is 1. The number of ether oxygens (including phenoxy) is 1. The van der Waals surface area contributed by atoms with E-state index in [1.165, 1.54) is 7.11 Å². The summed E-state index contributed by atoms with van der Waals surface area (Å²) < 4.78 is 29.5. The van der Waals surface area contributed by atoms with Crippen molar-refractivity contribution in [1.82, 2.24) is 4.90 Å². The van der Waals surface area contributed by atoms with Crippen molar-refractivity contribution in [2.24, 2.45) is 11.8 Å². The number of rotatable bonds is 9. The highest BCUT2D eigenvalue weighted by atomic mass is 32.2. The third-order valence-electron chi connectivity index (χ3n) is 5.25. The standard InChI is InChI=1S/C20H29NO6S/c1-27-20(24)21-12-10-16(11-13-21)8-5-9-18(19(22)23)15-28(25,26)14-17-6-3-2-4-7-17/h2-4,6-7,16,18H,5,8-15H2,1H3,(H,22,23)/t18-/m0/s1. The van der Waals surface area contributed by atoms with Gasteiger partial charge in [-0.1, -0.05) is 43.2 Å². The van der Waals surface area contributed by atoms with E-state index < -0.39 is 21.7 Å². The molecule has 28 heavy (non-hydrogen) atoms. The minimum absolute atomic E-state index is 0.135. The van der Waals surface area contributed by atoms with E-state index in [2.05, 4.69) is 0 Å². The van der Waals surface area contributed by atoms with E-state index >= 15 is 0 Å². The second kappa shape index (κ2) is 10.5. The number of amides is 1. The van der Waals surface area contributed by atoms with Crippen LogP contribution in [-0.4, -0.2) is 56.4 Å². The van der Waals surface area contributed by atoms with Crippen molar-refractivity contribution in [3.8, 4) is 0 Å². The number of hydrogen-bond acceptors (Lipinski definition) is 5. The molecule has 0 spiro atoms. The first-order valence-electron chi connectivity index (χ1n) is 9.61. The quantitative estimate of drug-likeness (QED) is 0.670. The van der Waals surface area contributed by atoms with Crippen molar-refractivity contribution in [1.29, 1.82) is 0 Å². The van der Waals surface area contributed by atoms with Gasteiger partial charge in [0, 0.05) is 13.1 Å². The predicted molar refractivity (Wildman–Crippen MR) is 106 cm³/mol. The van der Waals surface area contributed by atoms with Gasteiger partial charge in [-0.2, -0.15) is 0 Å². The molecule has 8 heteroatoms. The maximum atomic E-state index is 12.4. The van der Waals surface area contributed by atoms with Crippen LogP contribution >= 0.6 is 0 Å². The Morgan fingerprint density at radius 1 is 1.21 bits per heavy atom. The fourth-order valence-electron chi connectivity index (χ4n) is 3.66. The van der Waals surface area contributed by atoms with Crippen LogP contribution in [0.2, 0.25) is 0 Å². The SMILES string of the molecule is COC(=O)N1CCC(CCC[C@@H](CS(=O)(=O)Cc2ccccc2)C(=O)O)CC1. The molecule has 1 aliphatic heterocycles. The van der Waals surface area contributed by atoms with Gasteiger partial charge < -0.3 is 14.7 Å². The summed E-state index contributed by atoms with van der Waals surface area (Å²) in [6.45, 7) is 1.29. The molecule has 1 aromatic carbocycles. The molecule has 1 aliphatic rings. The van der Waals surface area contributed by atoms with Crippen molar-refractivity contribution < 1.29 is 27.9 Å². The van der Waals surface area contributed by atoms with E-state index in [-0.39, 0.29) is 17.6 Å². The average Bonchev–Trinajstić information content (AvgIpc) is 2.67. The van der Waals surface area contributed by atoms with Crippen LogP contribution in [0.15, 0.2) is 30.3 Å². The number of carbonyl (C=O) groups excluding carboxylic acids is 1. The van der Waals surface area contributed by atoms with Crippen LogP contribution in [0.3, 0.4) is 0 Å². The molecule has 1 N–H and O–H groups in total. The highest BCUT2D eigenvalue weighted by Gasteiger charge is 2.27. The lowest BCUT2D eigenvalue weighted by molar-refractivity contribution is -0.141. The molecular formula is C20H29NO6S. The molecule has 0 saturated carbocycles. The second-order valence-corrected chi connectivity index (χ2v) is 9.52. The zero-order valence-electron chi connectivity index (χ0n) is 16.2. The summed E-state index contributed by atoms with van der Waals surface area (Å²) in [7, 11) is -2.13. The highest BCUT2D eigenvalue weighted by molar-refractivity contribution is 7.90. The van der Waals surface area contributed by atoms with Gasteiger partial charge in [-0.05, 0) is 30.7 Å². The molecule has 2 rings (SSSR count). The maximum absolute atomic E-state index is 12.4. The number of carboxylic acid groups (broad SMARTS) is 1. The van der Waals surface area contributed by atoms with Gasteiger partial charge in [0.2, 0.25) is 0 Å². The Hall–Kier alpha value is -2.09. The van der Waals surface area contributed by atoms with Crippen LogP contribution in [-0.2, 0) is 25.1 Å². The minimum atomic E-state index is -3.49. The molecule has 1 aromatic rings. The smallest absolute Gasteiger partial charge is 0.409 e. The number of sulfone groups is 1. The van der Waals surface area contributed by atoms with Gasteiger partial charge in [0.1, 0.15) is 0 Å². The van der Waals surface area contributed by atoms with Crippen molar-refractivity contribution in [2.75, 3.05) is 26.0 Å². The van der Waals surface area contributed by atoms with Crippen LogP contribution in [0.25, 0.3) is 0 Å². The third kappa shape index (κ3) is 7.14. The van der Waals surface area contributed by atoms with Crippen LogP contribution < -0.4 is 0 Å². The van der Waals surface area contributed by atoms with Gasteiger partial charge in [-0.15, -0.1) is 0 Å². The Balaban J connectivity index is 1.79. The zero-order chi connectivity index (χ0) is 20.6. The Morgan fingerprint density at radius 2 is 1.86 bits per heavy atom. The molecule has 1 saturated heterocycles. The van der Waals surface area contributed by atoms with E-state index in [9.17, 15) is 23.1 Å². The van der Waals surface area contributed by atoms with Crippen molar-refractivity contribution in [2.45, 2.75) is 37.9 Å². The number of aliphatic carboxylic acids is 1. The van der Waals surface area contributed by atoms with E-state index in [1.807, 2.05) is 6.07 Å². The number of carbonyl (C=O) groups is 2. The summed E-state index contributed by atoms with van der Waals surface area (Å²) in [5.41, 5.74) is 0.670. The van der Waals surface area contributed by atoms with Crippen LogP contribution in [0.1, 0.15) is 37.7 Å². The first kappa shape index (κ1) is 22.2. The summed E-state index contributed by atoms with van der Waals surface area (Å²) in [5, 5.41) is 9.44. The normalized spacial score (nSPS) is 16.5. The number of nitrogens with zero attached hydrogens (tertiary/aromatic N) is 1. The fourth-order valence-corrected chi connectivity index (χ4v) is 5.40. The van der Waals surface area contributed by atoms with Crippen molar-refractivity contribution in [3.05, 3.63) is 35.9 Å². The van der Waals surface area contributed by atoms with Gasteiger partial charge in [0.05, 0.1) is 24.5 Å². The Labute approximate surface area is 166 Å². The number of piperidine rings is 1. The van der Waals surface area contributed by atoms with E-state index in [0.717, 1.165) is 19.3 Å². The number of hydrogen-bond donors (Lipinski definition) is 1. The highest BCUT2D eigenvalue weighted by Crippen LogP contribution is 2.25. The van der Waals surface area contributed by atoms with E-state index in [0.29, 0.717) is 37.4 Å². The van der Waals surface area contributed by atoms with Gasteiger partial charge in [0.15, 0.2) is 9.84 Å². The summed E-state index contributed by atoms with van der Waals surface area (Å²) in [6.07, 6.45) is 3.27. The molecule has 7 nitrogen and oxygen atoms in total. The molecule has 1 fully saturated rings. The topological polar surface area (TPSA) is 101 Å². The van der Waals surface area contributed by atoms with Crippen LogP contribution in [0.4, 0.5) is 4.79 Å². The first-order valence-corrected chi connectivity index (χ1v) is 11.4.